The summed E-state index contributed by atoms with van der Waals surface area (Å²) in [6, 6.07) is -4.38. The predicted molar refractivity (Wildman–Crippen MR) is 418 cm³/mol. The second-order valence-electron chi connectivity index (χ2n) is 30.5. The largest absolute Gasteiger partial charge is 0.480 e. The van der Waals surface area contributed by atoms with Crippen LogP contribution in [0.1, 0.15) is 69.7 Å². The molecule has 20 unspecified atom stereocenters. The molecule has 4 aromatic heterocycles. The van der Waals surface area contributed by atoms with Crippen molar-refractivity contribution in [1.29, 1.82) is 0 Å². The van der Waals surface area contributed by atoms with Crippen molar-refractivity contribution in [2.75, 3.05) is 165 Å². The molecule has 9 rings (SSSR count). The number of hydrogen-bond acceptors (Lipinski definition) is 43. The van der Waals surface area contributed by atoms with Gasteiger partial charge in [-0.3, -0.25) is 33.8 Å². The second-order valence-corrected chi connectivity index (χ2v) is 30.5. The van der Waals surface area contributed by atoms with Crippen molar-refractivity contribution in [3.8, 4) is 0 Å². The summed E-state index contributed by atoms with van der Waals surface area (Å²) in [5.41, 5.74) is -1.04. The van der Waals surface area contributed by atoms with Gasteiger partial charge in [-0.15, -0.1) is 20.4 Å². The molecule has 1 saturated carbocycles. The van der Waals surface area contributed by atoms with E-state index in [1.807, 2.05) is 0 Å². The predicted octanol–water partition coefficient (Wildman–Crippen LogP) is -10.9. The Kier molecular flexibility index (Phi) is 42.7. The van der Waals surface area contributed by atoms with E-state index in [0.717, 1.165) is 0 Å². The molecule has 52 nitrogen and oxygen atoms in total. The van der Waals surface area contributed by atoms with Gasteiger partial charge in [-0.05, 0) is 19.4 Å². The maximum absolute atomic E-state index is 13.6. The number of carbonyl (C=O) groups excluding carboxylic acids is 4. The molecule has 0 radical (unpaired) electrons. The van der Waals surface area contributed by atoms with E-state index >= 15 is 0 Å². The van der Waals surface area contributed by atoms with E-state index in [1.54, 1.807) is 48.4 Å². The summed E-state index contributed by atoms with van der Waals surface area (Å²) in [6.45, 7) is 7.23. The molecular formula is C74H124N18O34. The Morgan fingerprint density at radius 1 is 0.421 bits per heavy atom. The molecule has 126 heavy (non-hydrogen) atoms. The SMILES string of the molecule is CC(=O)NC1C(OCCOCCOCCn2cc(CN(CCCC[C@@H](C(=O)O)N(Cc3cn(CCOCCOCCOC4OC(CO)C(O)C(O)C4NC(C)=O)nn3)Cc3cn(CCOCCOCCOC4OC5(CO)C(O)C(O)C45NC(C)=O)nn3)Cc3cn(CCOCCOCCOC4OC(CO)C(O)C(O)C4NC(C)=O)nn3)nn2)OC(CO)C(O)C1O. The van der Waals surface area contributed by atoms with Crippen molar-refractivity contribution in [2.24, 2.45) is 0 Å². The van der Waals surface area contributed by atoms with E-state index in [2.05, 4.69) is 67.4 Å². The topological polar surface area (TPSA) is 673 Å². The number of hydrogen-bond donors (Lipinski definition) is 17. The molecule has 4 amide bonds. The van der Waals surface area contributed by atoms with Crippen LogP contribution in [0, 0.1) is 0 Å². The minimum Gasteiger partial charge on any atom is -0.480 e. The molecule has 5 aliphatic rings. The minimum atomic E-state index is -1.60. The summed E-state index contributed by atoms with van der Waals surface area (Å²) >= 11 is 0. The molecule has 17 N–H and O–H groups in total. The molecule has 0 aromatic carbocycles. The highest BCUT2D eigenvalue weighted by Crippen LogP contribution is 2.57. The number of amides is 4. The lowest BCUT2D eigenvalue weighted by Crippen LogP contribution is -3.00. The third kappa shape index (κ3) is 29.6. The van der Waals surface area contributed by atoms with Crippen LogP contribution in [-0.2, 0) is 152 Å². The number of ether oxygens (including phenoxy) is 16. The highest BCUT2D eigenvalue weighted by Gasteiger charge is 2.85. The van der Waals surface area contributed by atoms with Gasteiger partial charge in [-0.2, -0.15) is 0 Å². The lowest BCUT2D eigenvalue weighted by Gasteiger charge is -2.73. The molecule has 21 atom stereocenters. The number of aliphatic hydroxyl groups is 12. The van der Waals surface area contributed by atoms with Crippen LogP contribution >= 0.6 is 0 Å². The lowest BCUT2D eigenvalue weighted by atomic mass is 9.53. The number of aromatic nitrogens is 12. The van der Waals surface area contributed by atoms with Gasteiger partial charge in [0.15, 0.2) is 36.3 Å². The number of fused-ring (bicyclic) bond motifs is 1. The van der Waals surface area contributed by atoms with Gasteiger partial charge >= 0.3 is 5.97 Å². The van der Waals surface area contributed by atoms with Crippen molar-refractivity contribution >= 4 is 29.6 Å². The monoisotopic (exact) mass is 1810 g/mol. The van der Waals surface area contributed by atoms with Gasteiger partial charge in [0.1, 0.15) is 91.3 Å². The summed E-state index contributed by atoms with van der Waals surface area (Å²) in [6.07, 6.45) is -11.7. The average Bonchev–Trinajstić information content (AvgIpc) is 0.806. The third-order valence-electron chi connectivity index (χ3n) is 21.1. The molecule has 0 spiro atoms. The summed E-state index contributed by atoms with van der Waals surface area (Å²) in [7, 11) is 0. The second kappa shape index (κ2) is 52.5. The van der Waals surface area contributed by atoms with Crippen molar-refractivity contribution in [1.82, 2.24) is 91.0 Å². The highest BCUT2D eigenvalue weighted by molar-refractivity contribution is 5.76. The number of carbonyl (C=O) groups is 5. The van der Waals surface area contributed by atoms with E-state index in [9.17, 15) is 90.4 Å². The Balaban J connectivity index is 0.772. The zero-order valence-electron chi connectivity index (χ0n) is 70.9. The van der Waals surface area contributed by atoms with Crippen molar-refractivity contribution in [3.63, 3.8) is 0 Å². The zero-order chi connectivity index (χ0) is 90.7. The number of rotatable bonds is 63. The van der Waals surface area contributed by atoms with Crippen LogP contribution in [-0.4, -0.2) is 458 Å². The van der Waals surface area contributed by atoms with Gasteiger partial charge in [0, 0.05) is 78.7 Å². The minimum absolute atomic E-state index is 0.0154. The van der Waals surface area contributed by atoms with Crippen molar-refractivity contribution in [3.05, 3.63) is 47.6 Å². The van der Waals surface area contributed by atoms with Crippen LogP contribution in [0.15, 0.2) is 24.8 Å². The number of carboxylic acids is 1. The van der Waals surface area contributed by atoms with Crippen molar-refractivity contribution < 1.29 is 166 Å². The summed E-state index contributed by atoms with van der Waals surface area (Å²) in [4.78, 5) is 64.9. The van der Waals surface area contributed by atoms with E-state index in [0.29, 0.717) is 55.3 Å². The Morgan fingerprint density at radius 2 is 0.738 bits per heavy atom. The summed E-state index contributed by atoms with van der Waals surface area (Å²) < 4.78 is 97.4. The molecule has 52 heteroatoms. The van der Waals surface area contributed by atoms with E-state index in [1.165, 1.54) is 27.7 Å². The number of aliphatic hydroxyl groups excluding tert-OH is 12. The maximum atomic E-state index is 13.6. The molecule has 1 aliphatic carbocycles. The molecule has 4 saturated heterocycles. The molecule has 4 aliphatic heterocycles. The van der Waals surface area contributed by atoms with Crippen LogP contribution in [0.4, 0.5) is 0 Å². The van der Waals surface area contributed by atoms with Gasteiger partial charge < -0.3 is 163 Å². The van der Waals surface area contributed by atoms with Crippen LogP contribution in [0.25, 0.3) is 0 Å². The quantitative estimate of drug-likeness (QED) is 0.0183. The highest BCUT2D eigenvalue weighted by atomic mass is 16.7. The lowest BCUT2D eigenvalue weighted by molar-refractivity contribution is -0.475. The molecule has 4 aromatic rings. The molecular weight excluding hydrogens is 1680 g/mol. The smallest absolute Gasteiger partial charge is 0.320 e. The first-order valence-corrected chi connectivity index (χ1v) is 41.7. The fourth-order valence-corrected chi connectivity index (χ4v) is 14.8. The van der Waals surface area contributed by atoms with Gasteiger partial charge in [-0.1, -0.05) is 27.3 Å². The van der Waals surface area contributed by atoms with Crippen LogP contribution in [0.5, 0.6) is 0 Å². The first kappa shape index (κ1) is 102. The van der Waals surface area contributed by atoms with Gasteiger partial charge in [0.2, 0.25) is 23.6 Å². The number of aliphatic carboxylic acids is 1. The first-order valence-electron chi connectivity index (χ1n) is 41.7. The van der Waals surface area contributed by atoms with Crippen LogP contribution in [0.3, 0.4) is 0 Å². The van der Waals surface area contributed by atoms with E-state index in [-0.39, 0.29) is 178 Å². The summed E-state index contributed by atoms with van der Waals surface area (Å²) in [5.74, 6) is -3.09. The normalized spacial score (nSPS) is 28.0. The standard InChI is InChI=1S/C74H124N18O34/c1-45(97)75-57-63(104)60(101)54(41-93)123-69(57)119-29-25-115-21-17-111-13-9-89-37-49(79-83-89)33-87(34-50-38-90(84-80-50)10-14-112-18-22-116-26-30-120-70-58(76-46(2)98)64(105)61(102)55(42-94)124-70)8-6-5-7-53(68(109)110)88(35-51-39-91(85-81-51)11-15-113-19-23-117-27-31-121-71-59(77-47(3)99)65(106)62(103)56(43-95)125-71)36-52-40-92(86-82-52)12-16-114-20-24-118-28-32-122-72-74(78-48(4)100)67(108)66(107)73(74,44-96)126-72/h37-40,53-67,69-72,93-96,101-108H,5-36,41-44H2,1-4H3,(H,75,97)(H,76,98)(H,77,99)(H,78,100)(H,109,110)/t53-,54?,55?,56?,57?,58?,59?,60?,61?,62?,63?,64?,65?,66?,67?,69?,70?,71?,72?,73?,74?/m0/s1. The number of nitrogens with zero attached hydrogens (tertiary/aromatic N) is 14. The molecule has 5 fully saturated rings. The number of nitrogens with one attached hydrogen (secondary N) is 4. The van der Waals surface area contributed by atoms with E-state index < -0.39 is 184 Å². The van der Waals surface area contributed by atoms with Crippen molar-refractivity contribution in [2.45, 2.75) is 227 Å². The van der Waals surface area contributed by atoms with Gasteiger partial charge in [0.05, 0.1) is 208 Å². The summed E-state index contributed by atoms with van der Waals surface area (Å²) in [5, 5.41) is 179. The molecule has 8 heterocycles. The fraction of sp³-hybridized carbons (Fsp3) is 0.824. The number of carboxylic acid groups (broad SMARTS) is 1. The third-order valence-corrected chi connectivity index (χ3v) is 21.1. The first-order chi connectivity index (χ1) is 60.7. The van der Waals surface area contributed by atoms with Gasteiger partial charge in [-0.25, -0.2) is 18.7 Å². The maximum Gasteiger partial charge on any atom is 0.320 e. The van der Waals surface area contributed by atoms with Gasteiger partial charge in [0.25, 0.3) is 0 Å². The fourth-order valence-electron chi connectivity index (χ4n) is 14.8. The zero-order valence-corrected chi connectivity index (χ0v) is 70.9. The Labute approximate surface area is 724 Å². The Morgan fingerprint density at radius 3 is 1.05 bits per heavy atom. The Bertz CT molecular complexity index is 3670. The van der Waals surface area contributed by atoms with E-state index in [4.69, 9.17) is 75.8 Å². The number of unbranched alkanes of at least 4 members (excludes halogenated alkanes) is 1. The molecule has 0 bridgehead atoms. The average molecular weight is 1810 g/mol. The molecule has 714 valence electrons. The van der Waals surface area contributed by atoms with Crippen LogP contribution < -0.4 is 21.3 Å². The van der Waals surface area contributed by atoms with Crippen LogP contribution in [0.2, 0.25) is 0 Å². The Hall–Kier alpha value is -7.29.